The summed E-state index contributed by atoms with van der Waals surface area (Å²) in [6.07, 6.45) is 0.951. The van der Waals surface area contributed by atoms with E-state index in [0.29, 0.717) is 24.4 Å². The van der Waals surface area contributed by atoms with Crippen molar-refractivity contribution in [3.8, 4) is 0 Å². The molecule has 1 aliphatic heterocycles. The molecular weight excluding hydrogens is 284 g/mol. The van der Waals surface area contributed by atoms with E-state index in [1.54, 1.807) is 11.8 Å². The zero-order valence-electron chi connectivity index (χ0n) is 13.7. The number of primary amides is 1. The van der Waals surface area contributed by atoms with Gasteiger partial charge in [-0.3, -0.25) is 14.3 Å². The predicted octanol–water partition coefficient (Wildman–Crippen LogP) is 0.626. The first-order chi connectivity index (χ1) is 10.3. The van der Waals surface area contributed by atoms with Gasteiger partial charge in [-0.1, -0.05) is 6.92 Å². The second-order valence-corrected chi connectivity index (χ2v) is 5.94. The number of hydrogen-bond acceptors (Lipinski definition) is 4. The molecular formula is C15H24N4O3. The van der Waals surface area contributed by atoms with Gasteiger partial charge in [0.15, 0.2) is 5.60 Å². The second-order valence-electron chi connectivity index (χ2n) is 5.94. The van der Waals surface area contributed by atoms with Crippen molar-refractivity contribution in [2.45, 2.75) is 46.3 Å². The van der Waals surface area contributed by atoms with Crippen LogP contribution in [0.2, 0.25) is 0 Å². The summed E-state index contributed by atoms with van der Waals surface area (Å²) in [7, 11) is 0. The van der Waals surface area contributed by atoms with Crippen molar-refractivity contribution in [2.75, 3.05) is 19.7 Å². The molecule has 2 rings (SSSR count). The zero-order chi connectivity index (χ0) is 16.5. The molecule has 0 saturated carbocycles. The highest BCUT2D eigenvalue weighted by molar-refractivity contribution is 5.97. The van der Waals surface area contributed by atoms with Crippen LogP contribution in [-0.2, 0) is 16.1 Å². The lowest BCUT2D eigenvalue weighted by Crippen LogP contribution is -2.58. The molecule has 1 aromatic rings. The molecule has 0 unspecified atom stereocenters. The summed E-state index contributed by atoms with van der Waals surface area (Å²) in [6, 6.07) is 0. The Bertz CT molecular complexity index is 596. The minimum Gasteiger partial charge on any atom is -0.367 e. The molecule has 0 spiro atoms. The average molecular weight is 308 g/mol. The fourth-order valence-electron chi connectivity index (χ4n) is 2.79. The average Bonchev–Trinajstić information content (AvgIpc) is 2.73. The SMILES string of the molecule is CCCn1nc(C)c(C(=O)N2CCO[C@](C)(C(N)=O)C2)c1C. The van der Waals surface area contributed by atoms with Crippen LogP contribution >= 0.6 is 0 Å². The molecule has 1 aliphatic rings. The van der Waals surface area contributed by atoms with E-state index in [1.165, 1.54) is 0 Å². The van der Waals surface area contributed by atoms with E-state index in [0.717, 1.165) is 18.7 Å². The number of ether oxygens (including phenoxy) is 1. The van der Waals surface area contributed by atoms with Crippen LogP contribution in [0.25, 0.3) is 0 Å². The van der Waals surface area contributed by atoms with Crippen LogP contribution < -0.4 is 5.73 Å². The molecule has 1 saturated heterocycles. The Morgan fingerprint density at radius 2 is 2.09 bits per heavy atom. The zero-order valence-corrected chi connectivity index (χ0v) is 13.7. The van der Waals surface area contributed by atoms with Gasteiger partial charge in [0, 0.05) is 18.8 Å². The predicted molar refractivity (Wildman–Crippen MR) is 81.4 cm³/mol. The third-order valence-electron chi connectivity index (χ3n) is 4.11. The first kappa shape index (κ1) is 16.5. The van der Waals surface area contributed by atoms with Gasteiger partial charge < -0.3 is 15.4 Å². The Labute approximate surface area is 130 Å². The maximum absolute atomic E-state index is 12.8. The Morgan fingerprint density at radius 3 is 2.68 bits per heavy atom. The van der Waals surface area contributed by atoms with Crippen molar-refractivity contribution in [1.82, 2.24) is 14.7 Å². The van der Waals surface area contributed by atoms with Gasteiger partial charge in [0.2, 0.25) is 0 Å². The van der Waals surface area contributed by atoms with E-state index >= 15 is 0 Å². The van der Waals surface area contributed by atoms with E-state index < -0.39 is 11.5 Å². The molecule has 2 N–H and O–H groups in total. The fourth-order valence-corrected chi connectivity index (χ4v) is 2.79. The number of aryl methyl sites for hydroxylation is 2. The summed E-state index contributed by atoms with van der Waals surface area (Å²) < 4.78 is 7.32. The maximum Gasteiger partial charge on any atom is 0.257 e. The fraction of sp³-hybridized carbons (Fsp3) is 0.667. The first-order valence-electron chi connectivity index (χ1n) is 7.57. The standard InChI is InChI=1S/C15H24N4O3/c1-5-6-19-11(3)12(10(2)17-19)13(20)18-7-8-22-15(4,9-18)14(16)21/h5-9H2,1-4H3,(H2,16,21)/t15-/m0/s1. The summed E-state index contributed by atoms with van der Waals surface area (Å²) in [6.45, 7) is 9.11. The minimum absolute atomic E-state index is 0.117. The molecule has 0 radical (unpaired) electrons. The number of morpholine rings is 1. The van der Waals surface area contributed by atoms with E-state index in [1.807, 2.05) is 18.5 Å². The highest BCUT2D eigenvalue weighted by Crippen LogP contribution is 2.22. The van der Waals surface area contributed by atoms with Crippen molar-refractivity contribution >= 4 is 11.8 Å². The number of amides is 2. The van der Waals surface area contributed by atoms with Crippen molar-refractivity contribution < 1.29 is 14.3 Å². The second kappa shape index (κ2) is 6.08. The topological polar surface area (TPSA) is 90.4 Å². The Balaban J connectivity index is 2.27. The van der Waals surface area contributed by atoms with Crippen molar-refractivity contribution in [2.24, 2.45) is 5.73 Å². The Hall–Kier alpha value is -1.89. The number of hydrogen-bond donors (Lipinski definition) is 1. The minimum atomic E-state index is -1.13. The van der Waals surface area contributed by atoms with Gasteiger partial charge in [0.25, 0.3) is 11.8 Å². The molecule has 22 heavy (non-hydrogen) atoms. The lowest BCUT2D eigenvalue weighted by molar-refractivity contribution is -0.150. The monoisotopic (exact) mass is 308 g/mol. The maximum atomic E-state index is 12.8. The van der Waals surface area contributed by atoms with Gasteiger partial charge in [0.05, 0.1) is 24.4 Å². The van der Waals surface area contributed by atoms with Gasteiger partial charge in [-0.05, 0) is 27.2 Å². The third-order valence-corrected chi connectivity index (χ3v) is 4.11. The molecule has 0 aromatic carbocycles. The summed E-state index contributed by atoms with van der Waals surface area (Å²) >= 11 is 0. The van der Waals surface area contributed by atoms with Gasteiger partial charge >= 0.3 is 0 Å². The molecule has 0 bridgehead atoms. The molecule has 7 nitrogen and oxygen atoms in total. The van der Waals surface area contributed by atoms with Gasteiger partial charge in [-0.2, -0.15) is 5.10 Å². The van der Waals surface area contributed by atoms with E-state index in [2.05, 4.69) is 12.0 Å². The largest absolute Gasteiger partial charge is 0.367 e. The van der Waals surface area contributed by atoms with Gasteiger partial charge in [0.1, 0.15) is 0 Å². The summed E-state index contributed by atoms with van der Waals surface area (Å²) in [5, 5.41) is 4.43. The van der Waals surface area contributed by atoms with Crippen LogP contribution in [-0.4, -0.2) is 51.8 Å². The molecule has 1 atom stereocenters. The van der Waals surface area contributed by atoms with E-state index in [-0.39, 0.29) is 12.5 Å². The molecule has 0 aliphatic carbocycles. The number of carbonyl (C=O) groups excluding carboxylic acids is 2. The number of aromatic nitrogens is 2. The van der Waals surface area contributed by atoms with Crippen LogP contribution in [0.3, 0.4) is 0 Å². The summed E-state index contributed by atoms with van der Waals surface area (Å²) in [5.74, 6) is -0.673. The number of carbonyl (C=O) groups is 2. The molecule has 1 fully saturated rings. The number of nitrogens with two attached hydrogens (primary N) is 1. The highest BCUT2D eigenvalue weighted by Gasteiger charge is 2.40. The van der Waals surface area contributed by atoms with E-state index in [4.69, 9.17) is 10.5 Å². The third kappa shape index (κ3) is 2.85. The lowest BCUT2D eigenvalue weighted by atomic mass is 10.0. The summed E-state index contributed by atoms with van der Waals surface area (Å²) in [4.78, 5) is 26.0. The lowest BCUT2D eigenvalue weighted by Gasteiger charge is -2.38. The first-order valence-corrected chi connectivity index (χ1v) is 7.57. The van der Waals surface area contributed by atoms with Crippen LogP contribution in [0.5, 0.6) is 0 Å². The number of rotatable bonds is 4. The summed E-state index contributed by atoms with van der Waals surface area (Å²) in [5.41, 5.74) is 6.44. The molecule has 2 heterocycles. The molecule has 1 aromatic heterocycles. The number of nitrogens with zero attached hydrogens (tertiary/aromatic N) is 3. The van der Waals surface area contributed by atoms with Crippen LogP contribution in [0, 0.1) is 13.8 Å². The van der Waals surface area contributed by atoms with Crippen LogP contribution in [0.4, 0.5) is 0 Å². The quantitative estimate of drug-likeness (QED) is 0.883. The van der Waals surface area contributed by atoms with E-state index in [9.17, 15) is 9.59 Å². The highest BCUT2D eigenvalue weighted by atomic mass is 16.5. The normalized spacial score (nSPS) is 21.9. The molecule has 2 amide bonds. The molecule has 122 valence electrons. The Morgan fingerprint density at radius 1 is 1.41 bits per heavy atom. The van der Waals surface area contributed by atoms with Gasteiger partial charge in [-0.15, -0.1) is 0 Å². The van der Waals surface area contributed by atoms with Crippen molar-refractivity contribution in [3.05, 3.63) is 17.0 Å². The van der Waals surface area contributed by atoms with Gasteiger partial charge in [-0.25, -0.2) is 0 Å². The van der Waals surface area contributed by atoms with Crippen LogP contribution in [0.15, 0.2) is 0 Å². The van der Waals surface area contributed by atoms with Crippen LogP contribution in [0.1, 0.15) is 42.0 Å². The Kier molecular flexibility index (Phi) is 4.55. The smallest absolute Gasteiger partial charge is 0.257 e. The van der Waals surface area contributed by atoms with Crippen molar-refractivity contribution in [1.29, 1.82) is 0 Å². The van der Waals surface area contributed by atoms with Crippen molar-refractivity contribution in [3.63, 3.8) is 0 Å². The molecule has 7 heteroatoms.